The largest absolute Gasteiger partial charge is 0.345 e. The van der Waals surface area contributed by atoms with Crippen molar-refractivity contribution in [2.75, 3.05) is 0 Å². The van der Waals surface area contributed by atoms with E-state index in [1.807, 2.05) is 33.2 Å². The highest BCUT2D eigenvalue weighted by molar-refractivity contribution is 5.94. The molecule has 1 atom stereocenters. The van der Waals surface area contributed by atoms with E-state index in [1.54, 1.807) is 41.4 Å². The van der Waals surface area contributed by atoms with Crippen LogP contribution in [0.1, 0.15) is 51.5 Å². The van der Waals surface area contributed by atoms with Gasteiger partial charge in [0.25, 0.3) is 5.91 Å². The van der Waals surface area contributed by atoms with Crippen LogP contribution in [0.3, 0.4) is 0 Å². The number of nitrogens with zero attached hydrogens (tertiary/aromatic N) is 5. The first kappa shape index (κ1) is 20.2. The molecule has 0 saturated heterocycles. The summed E-state index contributed by atoms with van der Waals surface area (Å²) in [5.41, 5.74) is 4.09. The summed E-state index contributed by atoms with van der Waals surface area (Å²) in [4.78, 5) is 23.5. The molecule has 1 aromatic carbocycles. The molecule has 0 aliphatic carbocycles. The van der Waals surface area contributed by atoms with E-state index in [9.17, 15) is 14.9 Å². The summed E-state index contributed by atoms with van der Waals surface area (Å²) in [6.45, 7) is 7.46. The molecule has 0 fully saturated rings. The Morgan fingerprint density at radius 1 is 1.24 bits per heavy atom. The van der Waals surface area contributed by atoms with E-state index in [2.05, 4.69) is 15.5 Å². The van der Waals surface area contributed by atoms with Gasteiger partial charge in [0, 0.05) is 24.4 Å². The Bertz CT molecular complexity index is 1080. The van der Waals surface area contributed by atoms with Crippen molar-refractivity contribution >= 4 is 11.6 Å². The van der Waals surface area contributed by atoms with E-state index in [1.165, 1.54) is 0 Å². The number of nitrogens with one attached hydrogen (secondary N) is 1. The number of rotatable bonds is 6. The zero-order valence-electron chi connectivity index (χ0n) is 17.1. The molecule has 152 valence electrons. The molecule has 3 aromatic rings. The fraction of sp³-hybridized carbons (Fsp3) is 0.350. The number of aryl methyl sites for hydroxylation is 3. The molecule has 29 heavy (non-hydrogen) atoms. The van der Waals surface area contributed by atoms with Crippen molar-refractivity contribution in [2.45, 2.75) is 40.3 Å². The number of carbonyl (C=O) groups is 1. The van der Waals surface area contributed by atoms with Gasteiger partial charge in [-0.15, -0.1) is 0 Å². The van der Waals surface area contributed by atoms with Gasteiger partial charge in [-0.2, -0.15) is 10.2 Å². The first-order chi connectivity index (χ1) is 13.7. The van der Waals surface area contributed by atoms with Crippen molar-refractivity contribution < 1.29 is 9.72 Å². The minimum atomic E-state index is -0.417. The summed E-state index contributed by atoms with van der Waals surface area (Å²) in [5.74, 6) is -0.193. The third kappa shape index (κ3) is 4.18. The second kappa shape index (κ2) is 7.86. The standard InChI is InChI=1S/C20H24N6O3/c1-12(18-11-24(5)22-13(18)2)21-20(27)17-8-6-7-16(9-17)10-25-15(4)19(26(28)29)14(3)23-25/h6-9,11-12H,10H2,1-5H3,(H,21,27). The van der Waals surface area contributed by atoms with Crippen LogP contribution in [0.25, 0.3) is 0 Å². The number of hydrogen-bond donors (Lipinski definition) is 1. The van der Waals surface area contributed by atoms with Crippen LogP contribution < -0.4 is 5.32 Å². The van der Waals surface area contributed by atoms with Crippen LogP contribution in [0.15, 0.2) is 30.5 Å². The second-order valence-corrected chi connectivity index (χ2v) is 7.17. The van der Waals surface area contributed by atoms with E-state index < -0.39 is 4.92 Å². The highest BCUT2D eigenvalue weighted by Gasteiger charge is 2.22. The Morgan fingerprint density at radius 2 is 1.97 bits per heavy atom. The minimum absolute atomic E-state index is 0.0274. The summed E-state index contributed by atoms with van der Waals surface area (Å²) >= 11 is 0. The first-order valence-corrected chi connectivity index (χ1v) is 9.25. The van der Waals surface area contributed by atoms with E-state index in [4.69, 9.17) is 0 Å². The van der Waals surface area contributed by atoms with Crippen LogP contribution in [0.4, 0.5) is 5.69 Å². The van der Waals surface area contributed by atoms with Crippen LogP contribution in [-0.4, -0.2) is 30.4 Å². The molecule has 2 aromatic heterocycles. The Labute approximate surface area is 168 Å². The van der Waals surface area contributed by atoms with E-state index in [-0.39, 0.29) is 17.6 Å². The molecule has 0 bridgehead atoms. The van der Waals surface area contributed by atoms with Gasteiger partial charge in [0.15, 0.2) is 0 Å². The lowest BCUT2D eigenvalue weighted by atomic mass is 10.1. The van der Waals surface area contributed by atoms with Crippen molar-refractivity contribution in [3.63, 3.8) is 0 Å². The SMILES string of the molecule is Cc1nn(C)cc1C(C)NC(=O)c1cccc(Cn2nc(C)c([N+](=O)[O-])c2C)c1. The Kier molecular flexibility index (Phi) is 5.49. The quantitative estimate of drug-likeness (QED) is 0.509. The lowest BCUT2D eigenvalue weighted by Gasteiger charge is -2.14. The topological polar surface area (TPSA) is 108 Å². The van der Waals surface area contributed by atoms with Gasteiger partial charge < -0.3 is 5.32 Å². The van der Waals surface area contributed by atoms with Crippen molar-refractivity contribution in [1.82, 2.24) is 24.9 Å². The van der Waals surface area contributed by atoms with Crippen LogP contribution in [0.2, 0.25) is 0 Å². The molecule has 9 nitrogen and oxygen atoms in total. The van der Waals surface area contributed by atoms with E-state index in [0.29, 0.717) is 23.5 Å². The monoisotopic (exact) mass is 396 g/mol. The summed E-state index contributed by atoms with van der Waals surface area (Å²) in [7, 11) is 1.85. The third-order valence-electron chi connectivity index (χ3n) is 4.91. The zero-order chi connectivity index (χ0) is 21.3. The van der Waals surface area contributed by atoms with E-state index in [0.717, 1.165) is 16.8 Å². The number of nitro groups is 1. The lowest BCUT2D eigenvalue weighted by molar-refractivity contribution is -0.386. The summed E-state index contributed by atoms with van der Waals surface area (Å²) < 4.78 is 3.31. The van der Waals surface area contributed by atoms with Gasteiger partial charge in [0.05, 0.1) is 23.2 Å². The number of benzene rings is 1. The van der Waals surface area contributed by atoms with Gasteiger partial charge in [-0.25, -0.2) is 0 Å². The van der Waals surface area contributed by atoms with Gasteiger partial charge >= 0.3 is 5.69 Å². The second-order valence-electron chi connectivity index (χ2n) is 7.17. The van der Waals surface area contributed by atoms with Crippen molar-refractivity contribution in [1.29, 1.82) is 0 Å². The molecule has 0 radical (unpaired) electrons. The van der Waals surface area contributed by atoms with Crippen LogP contribution >= 0.6 is 0 Å². The summed E-state index contributed by atoms with van der Waals surface area (Å²) in [6.07, 6.45) is 1.90. The molecule has 3 rings (SSSR count). The van der Waals surface area contributed by atoms with Gasteiger partial charge in [0.1, 0.15) is 11.4 Å². The summed E-state index contributed by atoms with van der Waals surface area (Å²) in [6, 6.07) is 7.00. The predicted octanol–water partition coefficient (Wildman–Crippen LogP) is 2.99. The van der Waals surface area contributed by atoms with Crippen molar-refractivity contribution in [3.8, 4) is 0 Å². The molecule has 9 heteroatoms. The molecular weight excluding hydrogens is 372 g/mol. The van der Waals surface area contributed by atoms with Gasteiger partial charge in [-0.1, -0.05) is 12.1 Å². The maximum absolute atomic E-state index is 12.7. The molecule has 0 spiro atoms. The first-order valence-electron chi connectivity index (χ1n) is 9.25. The molecule has 0 aliphatic heterocycles. The lowest BCUT2D eigenvalue weighted by Crippen LogP contribution is -2.27. The van der Waals surface area contributed by atoms with Gasteiger partial charge in [0.2, 0.25) is 0 Å². The number of aromatic nitrogens is 4. The van der Waals surface area contributed by atoms with Crippen molar-refractivity contribution in [3.05, 3.63) is 74.3 Å². The van der Waals surface area contributed by atoms with Crippen molar-refractivity contribution in [2.24, 2.45) is 7.05 Å². The zero-order valence-corrected chi connectivity index (χ0v) is 17.1. The van der Waals surface area contributed by atoms with E-state index >= 15 is 0 Å². The molecule has 0 saturated carbocycles. The molecule has 1 unspecified atom stereocenters. The maximum atomic E-state index is 12.7. The Morgan fingerprint density at radius 3 is 2.55 bits per heavy atom. The van der Waals surface area contributed by atoms with Gasteiger partial charge in [-0.05, 0) is 45.4 Å². The minimum Gasteiger partial charge on any atom is -0.345 e. The highest BCUT2D eigenvalue weighted by Crippen LogP contribution is 2.23. The molecule has 1 amide bonds. The maximum Gasteiger partial charge on any atom is 0.312 e. The highest BCUT2D eigenvalue weighted by atomic mass is 16.6. The van der Waals surface area contributed by atoms with Crippen LogP contribution in [-0.2, 0) is 13.6 Å². The fourth-order valence-electron chi connectivity index (χ4n) is 3.49. The van der Waals surface area contributed by atoms with Crippen LogP contribution in [0.5, 0.6) is 0 Å². The van der Waals surface area contributed by atoms with Crippen LogP contribution in [0, 0.1) is 30.9 Å². The number of carbonyl (C=O) groups excluding carboxylic acids is 1. The molecule has 0 aliphatic rings. The normalized spacial score (nSPS) is 12.0. The molecule has 2 heterocycles. The Balaban J connectivity index is 1.77. The van der Waals surface area contributed by atoms with Gasteiger partial charge in [-0.3, -0.25) is 24.3 Å². The Hall–Kier alpha value is -3.49. The average Bonchev–Trinajstić information content (AvgIpc) is 3.12. The number of amides is 1. The number of hydrogen-bond acceptors (Lipinski definition) is 5. The smallest absolute Gasteiger partial charge is 0.312 e. The third-order valence-corrected chi connectivity index (χ3v) is 4.91. The fourth-order valence-corrected chi connectivity index (χ4v) is 3.49. The molecule has 1 N–H and O–H groups in total. The predicted molar refractivity (Wildman–Crippen MR) is 108 cm³/mol. The average molecular weight is 396 g/mol. The summed E-state index contributed by atoms with van der Waals surface area (Å²) in [5, 5.41) is 22.8. The molecular formula is C20H24N6O3.